The van der Waals surface area contributed by atoms with Crippen LogP contribution in [0.25, 0.3) is 0 Å². The van der Waals surface area contributed by atoms with Crippen molar-refractivity contribution in [3.63, 3.8) is 0 Å². The molecule has 1 aromatic carbocycles. The van der Waals surface area contributed by atoms with Crippen LogP contribution in [0.15, 0.2) is 42.6 Å². The Morgan fingerprint density at radius 1 is 1.19 bits per heavy atom. The first-order valence-electron chi connectivity index (χ1n) is 7.37. The van der Waals surface area contributed by atoms with E-state index in [1.807, 2.05) is 18.3 Å². The minimum absolute atomic E-state index is 0.0176. The first kappa shape index (κ1) is 14.2. The van der Waals surface area contributed by atoms with Crippen LogP contribution in [-0.2, 0) is 0 Å². The summed E-state index contributed by atoms with van der Waals surface area (Å²) >= 11 is 0. The largest absolute Gasteiger partial charge is 0.314 e. The third kappa shape index (κ3) is 3.12. The van der Waals surface area contributed by atoms with Gasteiger partial charge in [-0.3, -0.25) is 9.88 Å². The molecule has 0 radical (unpaired) electrons. The average Bonchev–Trinajstić information content (AvgIpc) is 2.51. The van der Waals surface area contributed by atoms with Crippen LogP contribution in [0.2, 0.25) is 0 Å². The second-order valence-corrected chi connectivity index (χ2v) is 5.45. The average molecular weight is 285 g/mol. The molecule has 2 heterocycles. The number of nitrogens with zero attached hydrogens (tertiary/aromatic N) is 2. The van der Waals surface area contributed by atoms with E-state index in [1.165, 1.54) is 6.07 Å². The molecule has 0 saturated carbocycles. The van der Waals surface area contributed by atoms with Crippen LogP contribution in [0.3, 0.4) is 0 Å². The first-order chi connectivity index (χ1) is 10.3. The zero-order chi connectivity index (χ0) is 14.7. The zero-order valence-corrected chi connectivity index (χ0v) is 12.2. The van der Waals surface area contributed by atoms with E-state index in [1.54, 1.807) is 12.1 Å². The van der Waals surface area contributed by atoms with Crippen molar-refractivity contribution in [2.75, 3.05) is 26.2 Å². The Bertz CT molecular complexity index is 608. The van der Waals surface area contributed by atoms with Gasteiger partial charge in [-0.15, -0.1) is 0 Å². The number of aryl methyl sites for hydroxylation is 1. The Hall–Kier alpha value is -1.78. The van der Waals surface area contributed by atoms with E-state index >= 15 is 0 Å². The minimum atomic E-state index is -0.193. The quantitative estimate of drug-likeness (QED) is 0.939. The summed E-state index contributed by atoms with van der Waals surface area (Å²) in [5.41, 5.74) is 3.13. The molecule has 1 saturated heterocycles. The number of rotatable bonds is 3. The maximum atomic E-state index is 13.7. The maximum Gasteiger partial charge on any atom is 0.123 e. The van der Waals surface area contributed by atoms with Crippen molar-refractivity contribution >= 4 is 0 Å². The normalized spacial score (nSPS) is 17.6. The lowest BCUT2D eigenvalue weighted by Crippen LogP contribution is -2.45. The van der Waals surface area contributed by atoms with Crippen molar-refractivity contribution in [1.82, 2.24) is 15.2 Å². The van der Waals surface area contributed by atoms with E-state index in [-0.39, 0.29) is 11.9 Å². The highest BCUT2D eigenvalue weighted by atomic mass is 19.1. The summed E-state index contributed by atoms with van der Waals surface area (Å²) < 4.78 is 13.7. The molecule has 1 aliphatic rings. The minimum Gasteiger partial charge on any atom is -0.314 e. The Labute approximate surface area is 124 Å². The van der Waals surface area contributed by atoms with E-state index in [4.69, 9.17) is 0 Å². The van der Waals surface area contributed by atoms with Gasteiger partial charge in [0, 0.05) is 32.4 Å². The fraction of sp³-hybridized carbons (Fsp3) is 0.353. The maximum absolute atomic E-state index is 13.7. The molecule has 21 heavy (non-hydrogen) atoms. The lowest BCUT2D eigenvalue weighted by atomic mass is 9.97. The van der Waals surface area contributed by atoms with Crippen molar-refractivity contribution in [2.45, 2.75) is 13.0 Å². The van der Waals surface area contributed by atoms with Crippen LogP contribution < -0.4 is 5.32 Å². The number of piperazine rings is 1. The molecule has 0 aliphatic carbocycles. The molecule has 1 unspecified atom stereocenters. The molecule has 0 spiro atoms. The summed E-state index contributed by atoms with van der Waals surface area (Å²) in [7, 11) is 0. The SMILES string of the molecule is Cc1cccnc1C(c1cccc(F)c1)N1CCNCC1. The van der Waals surface area contributed by atoms with Crippen LogP contribution in [0.4, 0.5) is 4.39 Å². The third-order valence-electron chi connectivity index (χ3n) is 3.99. The smallest absolute Gasteiger partial charge is 0.123 e. The van der Waals surface area contributed by atoms with Gasteiger partial charge < -0.3 is 5.32 Å². The number of hydrogen-bond donors (Lipinski definition) is 1. The van der Waals surface area contributed by atoms with Gasteiger partial charge in [0.2, 0.25) is 0 Å². The van der Waals surface area contributed by atoms with Crippen LogP contribution in [-0.4, -0.2) is 36.1 Å². The summed E-state index contributed by atoms with van der Waals surface area (Å²) in [6.07, 6.45) is 1.82. The summed E-state index contributed by atoms with van der Waals surface area (Å²) in [5, 5.41) is 3.36. The number of halogens is 1. The fourth-order valence-corrected chi connectivity index (χ4v) is 2.94. The van der Waals surface area contributed by atoms with Gasteiger partial charge in [-0.25, -0.2) is 4.39 Å². The van der Waals surface area contributed by atoms with Gasteiger partial charge in [-0.05, 0) is 36.2 Å². The fourth-order valence-electron chi connectivity index (χ4n) is 2.94. The third-order valence-corrected chi connectivity index (χ3v) is 3.99. The van der Waals surface area contributed by atoms with E-state index in [2.05, 4.69) is 28.2 Å². The second-order valence-electron chi connectivity index (χ2n) is 5.45. The number of pyridine rings is 1. The molecule has 3 rings (SSSR count). The van der Waals surface area contributed by atoms with Crippen LogP contribution >= 0.6 is 0 Å². The molecule has 3 nitrogen and oxygen atoms in total. The van der Waals surface area contributed by atoms with Crippen molar-refractivity contribution < 1.29 is 4.39 Å². The number of nitrogens with one attached hydrogen (secondary N) is 1. The second kappa shape index (κ2) is 6.33. The zero-order valence-electron chi connectivity index (χ0n) is 12.2. The van der Waals surface area contributed by atoms with Gasteiger partial charge >= 0.3 is 0 Å². The van der Waals surface area contributed by atoms with Gasteiger partial charge in [0.15, 0.2) is 0 Å². The predicted octanol–water partition coefficient (Wildman–Crippen LogP) is 2.52. The molecule has 1 aromatic heterocycles. The van der Waals surface area contributed by atoms with E-state index in [0.29, 0.717) is 0 Å². The highest BCUT2D eigenvalue weighted by Gasteiger charge is 2.26. The van der Waals surface area contributed by atoms with Crippen LogP contribution in [0, 0.1) is 12.7 Å². The molecule has 2 aromatic rings. The van der Waals surface area contributed by atoms with Crippen molar-refractivity contribution in [2.24, 2.45) is 0 Å². The summed E-state index contributed by atoms with van der Waals surface area (Å²) in [6, 6.07) is 10.9. The Balaban J connectivity index is 2.04. The lowest BCUT2D eigenvalue weighted by Gasteiger charge is -2.35. The van der Waals surface area contributed by atoms with Gasteiger partial charge in [0.25, 0.3) is 0 Å². The first-order valence-corrected chi connectivity index (χ1v) is 7.37. The molecule has 0 bridgehead atoms. The Morgan fingerprint density at radius 3 is 2.71 bits per heavy atom. The van der Waals surface area contributed by atoms with Crippen LogP contribution in [0.1, 0.15) is 22.9 Å². The molecule has 1 N–H and O–H groups in total. The topological polar surface area (TPSA) is 28.2 Å². The molecule has 1 aliphatic heterocycles. The highest BCUT2D eigenvalue weighted by Crippen LogP contribution is 2.29. The van der Waals surface area contributed by atoms with E-state index in [0.717, 1.165) is 43.0 Å². The number of benzene rings is 1. The monoisotopic (exact) mass is 285 g/mol. The summed E-state index contributed by atoms with van der Waals surface area (Å²) in [6.45, 7) is 5.86. The molecule has 0 amide bonds. The van der Waals surface area contributed by atoms with Gasteiger partial charge in [0.05, 0.1) is 11.7 Å². The van der Waals surface area contributed by atoms with Crippen molar-refractivity contribution in [1.29, 1.82) is 0 Å². The van der Waals surface area contributed by atoms with Crippen LogP contribution in [0.5, 0.6) is 0 Å². The molecule has 1 fully saturated rings. The standard InChI is InChI=1S/C17H20FN3/c1-13-4-3-7-20-16(13)17(21-10-8-19-9-11-21)14-5-2-6-15(18)12-14/h2-7,12,17,19H,8-11H2,1H3. The van der Waals surface area contributed by atoms with Gasteiger partial charge in [0.1, 0.15) is 5.82 Å². The summed E-state index contributed by atoms with van der Waals surface area (Å²) in [5.74, 6) is -0.193. The highest BCUT2D eigenvalue weighted by molar-refractivity contribution is 5.32. The lowest BCUT2D eigenvalue weighted by molar-refractivity contribution is 0.195. The Kier molecular flexibility index (Phi) is 4.27. The van der Waals surface area contributed by atoms with E-state index < -0.39 is 0 Å². The molecule has 4 heteroatoms. The summed E-state index contributed by atoms with van der Waals surface area (Å²) in [4.78, 5) is 6.95. The number of hydrogen-bond acceptors (Lipinski definition) is 3. The van der Waals surface area contributed by atoms with Crippen molar-refractivity contribution in [3.8, 4) is 0 Å². The Morgan fingerprint density at radius 2 is 2.00 bits per heavy atom. The molecular weight excluding hydrogens is 265 g/mol. The van der Waals surface area contributed by atoms with Gasteiger partial charge in [-0.1, -0.05) is 18.2 Å². The molecule has 110 valence electrons. The molecule has 1 atom stereocenters. The molecular formula is C17H20FN3. The van der Waals surface area contributed by atoms with E-state index in [9.17, 15) is 4.39 Å². The van der Waals surface area contributed by atoms with Crippen molar-refractivity contribution in [3.05, 3.63) is 65.2 Å². The van der Waals surface area contributed by atoms with Gasteiger partial charge in [-0.2, -0.15) is 0 Å². The predicted molar refractivity (Wildman–Crippen MR) is 81.7 cm³/mol. The number of aromatic nitrogens is 1.